The van der Waals surface area contributed by atoms with Crippen molar-refractivity contribution in [3.63, 3.8) is 0 Å². The molecule has 9 nitrogen and oxygen atoms in total. The lowest BCUT2D eigenvalue weighted by Crippen LogP contribution is -2.53. The Bertz CT molecular complexity index is 778. The Morgan fingerprint density at radius 1 is 1.16 bits per heavy atom. The predicted molar refractivity (Wildman–Crippen MR) is 119 cm³/mol. The van der Waals surface area contributed by atoms with Gasteiger partial charge in [0.25, 0.3) is 0 Å². The third-order valence-electron chi connectivity index (χ3n) is 4.79. The molecule has 1 aliphatic heterocycles. The van der Waals surface area contributed by atoms with Crippen LogP contribution in [-0.4, -0.2) is 65.0 Å². The lowest BCUT2D eigenvalue weighted by Gasteiger charge is -2.25. The van der Waals surface area contributed by atoms with Crippen LogP contribution in [0.25, 0.3) is 0 Å². The van der Waals surface area contributed by atoms with E-state index in [1.54, 1.807) is 20.8 Å². The quantitative estimate of drug-likeness (QED) is 0.589. The van der Waals surface area contributed by atoms with Crippen LogP contribution >= 0.6 is 0 Å². The zero-order valence-corrected chi connectivity index (χ0v) is 19.5. The fourth-order valence-corrected chi connectivity index (χ4v) is 3.32. The van der Waals surface area contributed by atoms with Gasteiger partial charge in [-0.15, -0.1) is 0 Å². The summed E-state index contributed by atoms with van der Waals surface area (Å²) >= 11 is 0. The predicted octanol–water partition coefficient (Wildman–Crippen LogP) is 2.42. The van der Waals surface area contributed by atoms with Crippen molar-refractivity contribution in [2.24, 2.45) is 5.92 Å². The van der Waals surface area contributed by atoms with Crippen molar-refractivity contribution in [2.75, 3.05) is 13.1 Å². The van der Waals surface area contributed by atoms with Crippen molar-refractivity contribution < 1.29 is 29.0 Å². The number of nitrogens with one attached hydrogen (secondary N) is 2. The number of β-amino-alcohol motifs (C(OH)–C–C–N with tert-alkyl or cyclic N) is 1. The monoisotopic (exact) mass is 449 g/mol. The summed E-state index contributed by atoms with van der Waals surface area (Å²) in [5.74, 6) is -0.299. The van der Waals surface area contributed by atoms with Crippen molar-refractivity contribution in [1.82, 2.24) is 15.5 Å². The summed E-state index contributed by atoms with van der Waals surface area (Å²) in [4.78, 5) is 38.7. The summed E-state index contributed by atoms with van der Waals surface area (Å²) in [7, 11) is 0. The Hall–Kier alpha value is -2.81. The average Bonchev–Trinajstić information content (AvgIpc) is 3.05. The van der Waals surface area contributed by atoms with E-state index in [1.807, 2.05) is 44.2 Å². The molecule has 0 saturated carbocycles. The van der Waals surface area contributed by atoms with Gasteiger partial charge in [-0.2, -0.15) is 0 Å². The first-order valence-corrected chi connectivity index (χ1v) is 10.9. The summed E-state index contributed by atoms with van der Waals surface area (Å²) in [6.45, 7) is 9.38. The number of nitrogens with zero attached hydrogens (tertiary/aromatic N) is 1. The van der Waals surface area contributed by atoms with Gasteiger partial charge in [-0.05, 0) is 38.7 Å². The van der Waals surface area contributed by atoms with Crippen molar-refractivity contribution >= 4 is 18.1 Å². The highest BCUT2D eigenvalue weighted by atomic mass is 16.6. The second-order valence-electron chi connectivity index (χ2n) is 9.46. The Morgan fingerprint density at radius 2 is 1.81 bits per heavy atom. The van der Waals surface area contributed by atoms with Crippen molar-refractivity contribution in [3.05, 3.63) is 35.9 Å². The van der Waals surface area contributed by atoms with Crippen molar-refractivity contribution in [3.8, 4) is 0 Å². The molecule has 1 aromatic rings. The second kappa shape index (κ2) is 11.2. The fourth-order valence-electron chi connectivity index (χ4n) is 3.32. The van der Waals surface area contributed by atoms with E-state index < -0.39 is 41.9 Å². The molecule has 3 atom stereocenters. The number of amides is 3. The van der Waals surface area contributed by atoms with E-state index in [-0.39, 0.29) is 25.6 Å². The topological polar surface area (TPSA) is 117 Å². The zero-order valence-electron chi connectivity index (χ0n) is 19.5. The molecule has 0 bridgehead atoms. The highest BCUT2D eigenvalue weighted by Gasteiger charge is 2.37. The van der Waals surface area contributed by atoms with E-state index >= 15 is 0 Å². The zero-order chi connectivity index (χ0) is 23.9. The van der Waals surface area contributed by atoms with Gasteiger partial charge in [-0.1, -0.05) is 44.2 Å². The summed E-state index contributed by atoms with van der Waals surface area (Å²) in [6.07, 6.45) is -1.78. The second-order valence-corrected chi connectivity index (χ2v) is 9.46. The summed E-state index contributed by atoms with van der Waals surface area (Å²) in [6, 6.07) is 7.79. The number of likely N-dealkylation sites (tertiary alicyclic amines) is 1. The molecular weight excluding hydrogens is 414 g/mol. The molecule has 0 aliphatic carbocycles. The van der Waals surface area contributed by atoms with Gasteiger partial charge < -0.3 is 30.1 Å². The van der Waals surface area contributed by atoms with E-state index in [1.165, 1.54) is 4.90 Å². The Morgan fingerprint density at radius 3 is 2.41 bits per heavy atom. The number of hydrogen-bond donors (Lipinski definition) is 3. The molecule has 9 heteroatoms. The molecule has 0 aromatic heterocycles. The van der Waals surface area contributed by atoms with Gasteiger partial charge in [0.1, 0.15) is 18.2 Å². The number of alkyl carbamates (subject to hydrolysis) is 1. The van der Waals surface area contributed by atoms with Crippen LogP contribution in [0, 0.1) is 5.92 Å². The number of benzene rings is 1. The number of aliphatic hydroxyl groups excluding tert-OH is 1. The minimum Gasteiger partial charge on any atom is -0.445 e. The van der Waals surface area contributed by atoms with E-state index in [2.05, 4.69) is 10.6 Å². The lowest BCUT2D eigenvalue weighted by molar-refractivity contribution is -0.124. The van der Waals surface area contributed by atoms with Crippen LogP contribution in [0.4, 0.5) is 9.59 Å². The highest BCUT2D eigenvalue weighted by molar-refractivity contribution is 5.86. The smallest absolute Gasteiger partial charge is 0.410 e. The molecule has 1 aliphatic rings. The van der Waals surface area contributed by atoms with Crippen LogP contribution in [0.2, 0.25) is 0 Å². The number of carbonyl (C=O) groups excluding carboxylic acids is 3. The van der Waals surface area contributed by atoms with Crippen LogP contribution in [0.15, 0.2) is 30.3 Å². The summed E-state index contributed by atoms with van der Waals surface area (Å²) < 4.78 is 10.6. The third-order valence-corrected chi connectivity index (χ3v) is 4.79. The van der Waals surface area contributed by atoms with Gasteiger partial charge in [0.05, 0.1) is 18.7 Å². The van der Waals surface area contributed by atoms with E-state index in [9.17, 15) is 19.5 Å². The standard InChI is InChI=1S/C23H35N3O6/c1-15(2)11-17(25-21(29)32-23(3,4)5)20(28)24-18-12-26(13-19(18)27)22(30)31-14-16-9-7-6-8-10-16/h6-10,15,17-19,27H,11-14H2,1-5H3,(H,24,28)(H,25,29)/t17-,18?,19?/m0/s1. The number of carbonyl (C=O) groups is 3. The molecule has 178 valence electrons. The number of rotatable bonds is 7. The van der Waals surface area contributed by atoms with Crippen molar-refractivity contribution in [1.29, 1.82) is 0 Å². The maximum atomic E-state index is 12.8. The summed E-state index contributed by atoms with van der Waals surface area (Å²) in [5, 5.41) is 15.7. The van der Waals surface area contributed by atoms with Crippen LogP contribution in [0.1, 0.15) is 46.6 Å². The molecule has 0 spiro atoms. The average molecular weight is 450 g/mol. The molecule has 3 amide bonds. The number of hydrogen-bond acceptors (Lipinski definition) is 6. The third kappa shape index (κ3) is 8.37. The first kappa shape index (κ1) is 25.5. The molecule has 32 heavy (non-hydrogen) atoms. The van der Waals surface area contributed by atoms with E-state index in [0.29, 0.717) is 6.42 Å². The minimum absolute atomic E-state index is 0.0485. The SMILES string of the molecule is CC(C)C[C@H](NC(=O)OC(C)(C)C)C(=O)NC1CN(C(=O)OCc2ccccc2)CC1O. The molecule has 3 N–H and O–H groups in total. The van der Waals surface area contributed by atoms with Crippen LogP contribution < -0.4 is 10.6 Å². The number of ether oxygens (including phenoxy) is 2. The van der Waals surface area contributed by atoms with Gasteiger partial charge in [0.2, 0.25) is 5.91 Å². The van der Waals surface area contributed by atoms with Crippen LogP contribution in [0.5, 0.6) is 0 Å². The normalized spacial score (nSPS) is 19.4. The summed E-state index contributed by atoms with van der Waals surface area (Å²) in [5.41, 5.74) is 0.167. The lowest BCUT2D eigenvalue weighted by atomic mass is 10.0. The first-order valence-electron chi connectivity index (χ1n) is 10.9. The van der Waals surface area contributed by atoms with E-state index in [0.717, 1.165) is 5.56 Å². The van der Waals surface area contributed by atoms with Crippen molar-refractivity contribution in [2.45, 2.75) is 71.4 Å². The molecule has 1 saturated heterocycles. The van der Waals surface area contributed by atoms with Gasteiger partial charge in [0.15, 0.2) is 0 Å². The van der Waals surface area contributed by atoms with Gasteiger partial charge in [-0.3, -0.25) is 4.79 Å². The molecule has 0 radical (unpaired) electrons. The minimum atomic E-state index is -0.940. The molecule has 1 fully saturated rings. The molecule has 1 heterocycles. The Balaban J connectivity index is 1.91. The molecule has 1 aromatic carbocycles. The van der Waals surface area contributed by atoms with Crippen LogP contribution in [-0.2, 0) is 20.9 Å². The molecular formula is C23H35N3O6. The maximum Gasteiger partial charge on any atom is 0.410 e. The molecule has 2 rings (SSSR count). The highest BCUT2D eigenvalue weighted by Crippen LogP contribution is 2.15. The first-order chi connectivity index (χ1) is 14.9. The Kier molecular flexibility index (Phi) is 8.89. The molecule has 2 unspecified atom stereocenters. The maximum absolute atomic E-state index is 12.8. The van der Waals surface area contributed by atoms with Gasteiger partial charge in [-0.25, -0.2) is 9.59 Å². The Labute approximate surface area is 189 Å². The van der Waals surface area contributed by atoms with Crippen LogP contribution in [0.3, 0.4) is 0 Å². The van der Waals surface area contributed by atoms with Gasteiger partial charge >= 0.3 is 12.2 Å². The largest absolute Gasteiger partial charge is 0.445 e. The van der Waals surface area contributed by atoms with Gasteiger partial charge in [0, 0.05) is 6.54 Å². The van der Waals surface area contributed by atoms with E-state index in [4.69, 9.17) is 9.47 Å². The number of aliphatic hydroxyl groups is 1. The fraction of sp³-hybridized carbons (Fsp3) is 0.609.